The van der Waals surface area contributed by atoms with E-state index in [9.17, 15) is 4.79 Å². The largest absolute Gasteiger partial charge is 0.449 e. The van der Waals surface area contributed by atoms with Crippen LogP contribution in [0.2, 0.25) is 0 Å². The Morgan fingerprint density at radius 1 is 0.906 bits per heavy atom. The molecule has 1 aliphatic rings. The molecule has 1 aliphatic carbocycles. The highest BCUT2D eigenvalue weighted by atomic mass is 16.5. The van der Waals surface area contributed by atoms with Gasteiger partial charge in [0.05, 0.1) is 11.1 Å². The van der Waals surface area contributed by atoms with Gasteiger partial charge in [-0.2, -0.15) is 0 Å². The summed E-state index contributed by atoms with van der Waals surface area (Å²) in [5, 5.41) is 3.86. The van der Waals surface area contributed by atoms with Gasteiger partial charge in [0.2, 0.25) is 0 Å². The van der Waals surface area contributed by atoms with Crippen LogP contribution in [0.1, 0.15) is 29.0 Å². The molecular formula is C28H22N2O2. The minimum Gasteiger partial charge on any atom is -0.449 e. The second-order valence-corrected chi connectivity index (χ2v) is 7.68. The number of nitrogens with zero attached hydrogens (tertiary/aromatic N) is 1. The van der Waals surface area contributed by atoms with Gasteiger partial charge in [-0.15, -0.1) is 0 Å². The van der Waals surface area contributed by atoms with Crippen LogP contribution in [-0.4, -0.2) is 24.2 Å². The number of amides is 1. The SMILES string of the molecule is O=C(NCCC#Cc1cccc2cccnc12)OCC1c2ccccc2-c2ccccc21. The van der Waals surface area contributed by atoms with Crippen molar-refractivity contribution in [2.24, 2.45) is 0 Å². The lowest BCUT2D eigenvalue weighted by Gasteiger charge is -2.14. The standard InChI is InChI=1S/C28H22N2O2/c31-28(30-17-6-5-9-20-10-7-11-21-12-8-18-29-27(20)21)32-19-26-24-15-3-1-13-22(24)23-14-2-4-16-25(23)26/h1-4,7-8,10-16,18,26H,6,17,19H2,(H,30,31). The molecule has 5 rings (SSSR count). The predicted octanol–water partition coefficient (Wildman–Crippen LogP) is 5.52. The summed E-state index contributed by atoms with van der Waals surface area (Å²) >= 11 is 0. The third kappa shape index (κ3) is 3.93. The molecule has 156 valence electrons. The van der Waals surface area contributed by atoms with Gasteiger partial charge in [0.1, 0.15) is 6.61 Å². The molecule has 0 saturated carbocycles. The minimum atomic E-state index is -0.416. The zero-order valence-electron chi connectivity index (χ0n) is 17.5. The number of ether oxygens (including phenoxy) is 1. The van der Waals surface area contributed by atoms with Crippen LogP contribution in [0.25, 0.3) is 22.0 Å². The zero-order valence-corrected chi connectivity index (χ0v) is 17.5. The highest BCUT2D eigenvalue weighted by Gasteiger charge is 2.28. The molecule has 0 spiro atoms. The number of nitrogens with one attached hydrogen (secondary N) is 1. The molecule has 1 N–H and O–H groups in total. The first-order valence-electron chi connectivity index (χ1n) is 10.7. The number of alkyl carbamates (subject to hydrolysis) is 1. The van der Waals surface area contributed by atoms with Crippen LogP contribution < -0.4 is 5.32 Å². The molecule has 0 unspecified atom stereocenters. The first-order valence-corrected chi connectivity index (χ1v) is 10.7. The number of pyridine rings is 1. The van der Waals surface area contributed by atoms with Crippen molar-refractivity contribution < 1.29 is 9.53 Å². The monoisotopic (exact) mass is 418 g/mol. The van der Waals surface area contributed by atoms with Crippen LogP contribution >= 0.6 is 0 Å². The van der Waals surface area contributed by atoms with Gasteiger partial charge in [0.25, 0.3) is 0 Å². The maximum Gasteiger partial charge on any atom is 0.407 e. The fourth-order valence-electron chi connectivity index (χ4n) is 4.24. The van der Waals surface area contributed by atoms with E-state index in [1.165, 1.54) is 22.3 Å². The number of hydrogen-bond acceptors (Lipinski definition) is 3. The number of carbonyl (C=O) groups excluding carboxylic acids is 1. The van der Waals surface area contributed by atoms with Crippen molar-refractivity contribution in [3.05, 3.63) is 102 Å². The van der Waals surface area contributed by atoms with Crippen molar-refractivity contribution in [2.45, 2.75) is 12.3 Å². The molecule has 0 radical (unpaired) electrons. The van der Waals surface area contributed by atoms with Gasteiger partial charge in [-0.1, -0.05) is 78.6 Å². The second-order valence-electron chi connectivity index (χ2n) is 7.68. The van der Waals surface area contributed by atoms with Crippen LogP contribution in [0, 0.1) is 11.8 Å². The van der Waals surface area contributed by atoms with Crippen LogP contribution in [-0.2, 0) is 4.74 Å². The molecule has 0 fully saturated rings. The summed E-state index contributed by atoms with van der Waals surface area (Å²) in [7, 11) is 0. The Labute approximate surface area is 187 Å². The van der Waals surface area contributed by atoms with Crippen molar-refractivity contribution in [2.75, 3.05) is 13.2 Å². The molecule has 0 saturated heterocycles. The molecular weight excluding hydrogens is 396 g/mol. The second kappa shape index (κ2) is 8.95. The lowest BCUT2D eigenvalue weighted by molar-refractivity contribution is 0.143. The summed E-state index contributed by atoms with van der Waals surface area (Å²) < 4.78 is 5.55. The Hall–Kier alpha value is -4.10. The fraction of sp³-hybridized carbons (Fsp3) is 0.143. The highest BCUT2D eigenvalue weighted by molar-refractivity contribution is 5.84. The molecule has 3 aromatic carbocycles. The number of para-hydroxylation sites is 1. The van der Waals surface area contributed by atoms with Crippen LogP contribution in [0.3, 0.4) is 0 Å². The lowest BCUT2D eigenvalue weighted by Crippen LogP contribution is -2.26. The number of carbonyl (C=O) groups is 1. The average molecular weight is 418 g/mol. The molecule has 4 aromatic rings. The van der Waals surface area contributed by atoms with E-state index in [4.69, 9.17) is 4.74 Å². The zero-order chi connectivity index (χ0) is 21.8. The summed E-state index contributed by atoms with van der Waals surface area (Å²) in [4.78, 5) is 16.7. The maximum absolute atomic E-state index is 12.2. The van der Waals surface area contributed by atoms with E-state index in [0.717, 1.165) is 16.5 Å². The van der Waals surface area contributed by atoms with E-state index in [0.29, 0.717) is 19.6 Å². The number of fused-ring (bicyclic) bond motifs is 4. The van der Waals surface area contributed by atoms with Gasteiger partial charge in [0, 0.05) is 30.5 Å². The molecule has 0 aliphatic heterocycles. The third-order valence-corrected chi connectivity index (χ3v) is 5.72. The quantitative estimate of drug-likeness (QED) is 0.351. The summed E-state index contributed by atoms with van der Waals surface area (Å²) in [5.74, 6) is 6.33. The van der Waals surface area contributed by atoms with Gasteiger partial charge >= 0.3 is 6.09 Å². The van der Waals surface area contributed by atoms with E-state index >= 15 is 0 Å². The first-order chi connectivity index (χ1) is 15.8. The number of benzene rings is 3. The Balaban J connectivity index is 1.16. The number of rotatable bonds is 4. The van der Waals surface area contributed by atoms with Crippen molar-refractivity contribution in [1.29, 1.82) is 0 Å². The first kappa shape index (κ1) is 19.8. The van der Waals surface area contributed by atoms with Gasteiger partial charge < -0.3 is 10.1 Å². The van der Waals surface area contributed by atoms with Gasteiger partial charge in [-0.05, 0) is 34.4 Å². The lowest BCUT2D eigenvalue weighted by atomic mass is 9.98. The van der Waals surface area contributed by atoms with Gasteiger partial charge in [0.15, 0.2) is 0 Å². The topological polar surface area (TPSA) is 51.2 Å². The van der Waals surface area contributed by atoms with Crippen LogP contribution in [0.15, 0.2) is 85.1 Å². The minimum absolute atomic E-state index is 0.0619. The highest BCUT2D eigenvalue weighted by Crippen LogP contribution is 2.44. The number of hydrogen-bond donors (Lipinski definition) is 1. The van der Waals surface area contributed by atoms with Crippen molar-refractivity contribution in [1.82, 2.24) is 10.3 Å². The summed E-state index contributed by atoms with van der Waals surface area (Å²) in [6.07, 6.45) is 1.89. The van der Waals surface area contributed by atoms with E-state index in [1.54, 1.807) is 6.20 Å². The van der Waals surface area contributed by atoms with Crippen molar-refractivity contribution in [3.8, 4) is 23.0 Å². The third-order valence-electron chi connectivity index (χ3n) is 5.72. The predicted molar refractivity (Wildman–Crippen MR) is 126 cm³/mol. The molecule has 1 amide bonds. The number of aromatic nitrogens is 1. The maximum atomic E-state index is 12.2. The Kier molecular flexibility index (Phi) is 5.55. The van der Waals surface area contributed by atoms with Crippen molar-refractivity contribution in [3.63, 3.8) is 0 Å². The fourth-order valence-corrected chi connectivity index (χ4v) is 4.24. The Morgan fingerprint density at radius 3 is 2.41 bits per heavy atom. The van der Waals surface area contributed by atoms with Gasteiger partial charge in [-0.25, -0.2) is 4.79 Å². The Morgan fingerprint density at radius 2 is 1.62 bits per heavy atom. The molecule has 0 atom stereocenters. The summed E-state index contributed by atoms with van der Waals surface area (Å²) in [5.41, 5.74) is 6.63. The summed E-state index contributed by atoms with van der Waals surface area (Å²) in [6.45, 7) is 0.745. The molecule has 4 nitrogen and oxygen atoms in total. The summed E-state index contributed by atoms with van der Waals surface area (Å²) in [6, 6.07) is 26.5. The van der Waals surface area contributed by atoms with E-state index in [-0.39, 0.29) is 5.92 Å². The average Bonchev–Trinajstić information content (AvgIpc) is 3.16. The smallest absolute Gasteiger partial charge is 0.407 e. The normalized spacial score (nSPS) is 11.9. The van der Waals surface area contributed by atoms with E-state index in [1.807, 2.05) is 54.6 Å². The van der Waals surface area contributed by atoms with E-state index < -0.39 is 6.09 Å². The van der Waals surface area contributed by atoms with Crippen LogP contribution in [0.4, 0.5) is 4.79 Å². The van der Waals surface area contributed by atoms with Gasteiger partial charge in [-0.3, -0.25) is 4.98 Å². The molecule has 1 heterocycles. The molecule has 32 heavy (non-hydrogen) atoms. The molecule has 4 heteroatoms. The van der Waals surface area contributed by atoms with Crippen molar-refractivity contribution >= 4 is 17.0 Å². The van der Waals surface area contributed by atoms with E-state index in [2.05, 4.69) is 46.4 Å². The molecule has 1 aromatic heterocycles. The van der Waals surface area contributed by atoms with Crippen LogP contribution in [0.5, 0.6) is 0 Å². The Bertz CT molecular complexity index is 1300. The molecule has 0 bridgehead atoms.